The van der Waals surface area contributed by atoms with E-state index in [2.05, 4.69) is 34.8 Å². The summed E-state index contributed by atoms with van der Waals surface area (Å²) in [6.07, 6.45) is 8.49. The van der Waals surface area contributed by atoms with Crippen LogP contribution >= 0.6 is 0 Å². The largest absolute Gasteiger partial charge is 0.388 e. The molecule has 8 heteroatoms. The molecule has 1 saturated heterocycles. The van der Waals surface area contributed by atoms with Gasteiger partial charge in [0.15, 0.2) is 0 Å². The minimum absolute atomic E-state index is 0.0798. The highest BCUT2D eigenvalue weighted by Gasteiger charge is 2.44. The molecule has 210 valence electrons. The molecule has 4 amide bonds. The lowest BCUT2D eigenvalue weighted by atomic mass is 9.96. The van der Waals surface area contributed by atoms with Crippen molar-refractivity contribution in [2.45, 2.75) is 37.9 Å². The first-order valence-corrected chi connectivity index (χ1v) is 13.9. The molecule has 1 fully saturated rings. The number of anilines is 1. The zero-order chi connectivity index (χ0) is 28.9. The number of hydrogen-bond donors (Lipinski definition) is 2. The molecule has 0 aromatic heterocycles. The van der Waals surface area contributed by atoms with Gasteiger partial charge in [-0.15, -0.1) is 6.42 Å². The van der Waals surface area contributed by atoms with Gasteiger partial charge in [-0.05, 0) is 46.5 Å². The molecule has 41 heavy (non-hydrogen) atoms. The van der Waals surface area contributed by atoms with Crippen LogP contribution in [0.2, 0.25) is 0 Å². The van der Waals surface area contributed by atoms with Crippen molar-refractivity contribution in [1.82, 2.24) is 20.0 Å². The first-order valence-electron chi connectivity index (χ1n) is 13.9. The summed E-state index contributed by atoms with van der Waals surface area (Å²) < 4.78 is 0. The van der Waals surface area contributed by atoms with E-state index in [-0.39, 0.29) is 30.8 Å². The van der Waals surface area contributed by atoms with Gasteiger partial charge in [-0.2, -0.15) is 0 Å². The van der Waals surface area contributed by atoms with Crippen molar-refractivity contribution in [2.24, 2.45) is 0 Å². The van der Waals surface area contributed by atoms with Crippen LogP contribution in [-0.2, 0) is 22.6 Å². The highest BCUT2D eigenvalue weighted by atomic mass is 16.2. The lowest BCUT2D eigenvalue weighted by Gasteiger charge is -2.45. The van der Waals surface area contributed by atoms with Gasteiger partial charge in [-0.3, -0.25) is 14.5 Å². The summed E-state index contributed by atoms with van der Waals surface area (Å²) >= 11 is 0. The third kappa shape index (κ3) is 5.75. The first kappa shape index (κ1) is 27.8. The van der Waals surface area contributed by atoms with Gasteiger partial charge in [0.1, 0.15) is 6.04 Å². The van der Waals surface area contributed by atoms with E-state index in [0.717, 1.165) is 27.6 Å². The number of nitrogens with zero attached hydrogens (tertiary/aromatic N) is 3. The third-order valence-corrected chi connectivity index (χ3v) is 7.93. The summed E-state index contributed by atoms with van der Waals surface area (Å²) in [6, 6.07) is 20.8. The number of benzene rings is 3. The third-order valence-electron chi connectivity index (χ3n) is 7.93. The summed E-state index contributed by atoms with van der Waals surface area (Å²) in [6.45, 7) is 0.830. The quantitative estimate of drug-likeness (QED) is 0.437. The lowest BCUT2D eigenvalue weighted by molar-refractivity contribution is -0.154. The molecule has 2 aliphatic rings. The second-order valence-corrected chi connectivity index (χ2v) is 10.4. The van der Waals surface area contributed by atoms with Crippen molar-refractivity contribution in [3.05, 3.63) is 89.6 Å². The maximum absolute atomic E-state index is 14.2. The van der Waals surface area contributed by atoms with Crippen LogP contribution in [0.15, 0.2) is 78.5 Å². The lowest BCUT2D eigenvalue weighted by Crippen LogP contribution is -2.63. The number of rotatable bonds is 7. The number of urea groups is 1. The fourth-order valence-electron chi connectivity index (χ4n) is 5.88. The van der Waals surface area contributed by atoms with Gasteiger partial charge < -0.3 is 20.4 Å². The standard InChI is InChI=1S/C33H35N5O3/c1-4-18-37(33(41)35-3)27-16-17-31(39)38-28(20-27)22-36(21-25-10-7-9-24-8-5-6-11-29(24)25)32(40)30(38)19-23-12-14-26(34-2)15-13-23/h1,5-15,20,28,30,34H,16-19,21-22H2,2-3H3,(H,35,41)/t28-,30-/m0/s1. The zero-order valence-electron chi connectivity index (χ0n) is 23.5. The van der Waals surface area contributed by atoms with Gasteiger partial charge in [0.25, 0.3) is 0 Å². The highest BCUT2D eigenvalue weighted by molar-refractivity contribution is 5.91. The number of hydrogen-bond acceptors (Lipinski definition) is 4. The van der Waals surface area contributed by atoms with Crippen LogP contribution < -0.4 is 10.6 Å². The number of terminal acetylenes is 1. The first-order chi connectivity index (χ1) is 19.9. The van der Waals surface area contributed by atoms with Crippen molar-refractivity contribution < 1.29 is 14.4 Å². The maximum Gasteiger partial charge on any atom is 0.322 e. The van der Waals surface area contributed by atoms with Crippen molar-refractivity contribution in [3.63, 3.8) is 0 Å². The summed E-state index contributed by atoms with van der Waals surface area (Å²) in [5, 5.41) is 7.97. The van der Waals surface area contributed by atoms with Gasteiger partial charge in [-0.25, -0.2) is 4.79 Å². The van der Waals surface area contributed by atoms with Gasteiger partial charge >= 0.3 is 6.03 Å². The van der Waals surface area contributed by atoms with Crippen LogP contribution in [0.5, 0.6) is 0 Å². The molecular formula is C33H35N5O3. The maximum atomic E-state index is 14.2. The van der Waals surface area contributed by atoms with Crippen molar-refractivity contribution in [2.75, 3.05) is 32.5 Å². The van der Waals surface area contributed by atoms with E-state index in [4.69, 9.17) is 6.42 Å². The molecule has 0 bridgehead atoms. The minimum Gasteiger partial charge on any atom is -0.388 e. The number of carbonyl (C=O) groups is 3. The highest BCUT2D eigenvalue weighted by Crippen LogP contribution is 2.31. The molecule has 0 radical (unpaired) electrons. The summed E-state index contributed by atoms with van der Waals surface area (Å²) in [5.74, 6) is 2.37. The normalized spacial score (nSPS) is 18.7. The van der Waals surface area contributed by atoms with Crippen LogP contribution in [0.1, 0.15) is 24.0 Å². The summed E-state index contributed by atoms with van der Waals surface area (Å²) in [5.41, 5.74) is 3.68. The van der Waals surface area contributed by atoms with E-state index >= 15 is 0 Å². The molecule has 0 spiro atoms. The molecule has 8 nitrogen and oxygen atoms in total. The topological polar surface area (TPSA) is 85.0 Å². The van der Waals surface area contributed by atoms with Gasteiger partial charge in [0.2, 0.25) is 11.8 Å². The summed E-state index contributed by atoms with van der Waals surface area (Å²) in [4.78, 5) is 45.6. The number of allylic oxidation sites excluding steroid dienone is 1. The molecule has 0 unspecified atom stereocenters. The van der Waals surface area contributed by atoms with Crippen LogP contribution in [0.25, 0.3) is 10.8 Å². The van der Waals surface area contributed by atoms with Crippen molar-refractivity contribution >= 4 is 34.3 Å². The van der Waals surface area contributed by atoms with E-state index < -0.39 is 12.1 Å². The SMILES string of the molecule is C#CCN(C(=O)NC)C1=C[C@H]2CN(Cc3cccc4ccccc34)C(=O)[C@H](Cc3ccc(NC)cc3)N2C(=O)CC1. The fraction of sp³-hybridized carbons (Fsp3) is 0.303. The van der Waals surface area contributed by atoms with E-state index in [1.165, 1.54) is 4.90 Å². The van der Waals surface area contributed by atoms with Gasteiger partial charge in [0, 0.05) is 51.4 Å². The molecule has 0 saturated carbocycles. The van der Waals surface area contributed by atoms with Crippen LogP contribution in [0, 0.1) is 12.3 Å². The summed E-state index contributed by atoms with van der Waals surface area (Å²) in [7, 11) is 3.42. The Morgan fingerprint density at radius 3 is 2.51 bits per heavy atom. The Labute approximate surface area is 241 Å². The molecule has 2 atom stereocenters. The molecule has 2 aliphatic heterocycles. The zero-order valence-corrected chi connectivity index (χ0v) is 23.5. The van der Waals surface area contributed by atoms with E-state index in [1.807, 2.05) is 66.6 Å². The minimum atomic E-state index is -0.673. The number of fused-ring (bicyclic) bond motifs is 2. The number of amides is 4. The molecule has 2 heterocycles. The average Bonchev–Trinajstić information content (AvgIpc) is 3.16. The van der Waals surface area contributed by atoms with Crippen LogP contribution in [0.3, 0.4) is 0 Å². The number of piperazine rings is 1. The number of nitrogens with one attached hydrogen (secondary N) is 2. The number of carbonyl (C=O) groups excluding carboxylic acids is 3. The fourth-order valence-corrected chi connectivity index (χ4v) is 5.88. The Balaban J connectivity index is 1.54. The van der Waals surface area contributed by atoms with Gasteiger partial charge in [-0.1, -0.05) is 60.5 Å². The molecule has 3 aromatic carbocycles. The van der Waals surface area contributed by atoms with Crippen LogP contribution in [0.4, 0.5) is 10.5 Å². The molecule has 3 aromatic rings. The van der Waals surface area contributed by atoms with Crippen molar-refractivity contribution in [1.29, 1.82) is 0 Å². The predicted octanol–water partition coefficient (Wildman–Crippen LogP) is 3.98. The Kier molecular flexibility index (Phi) is 8.25. The Morgan fingerprint density at radius 2 is 1.78 bits per heavy atom. The van der Waals surface area contributed by atoms with E-state index in [0.29, 0.717) is 31.6 Å². The van der Waals surface area contributed by atoms with E-state index in [9.17, 15) is 14.4 Å². The average molecular weight is 550 g/mol. The molecule has 0 aliphatic carbocycles. The Bertz CT molecular complexity index is 1520. The van der Waals surface area contributed by atoms with Gasteiger partial charge in [0.05, 0.1) is 12.6 Å². The Hall–Kier alpha value is -4.77. The second-order valence-electron chi connectivity index (χ2n) is 10.4. The van der Waals surface area contributed by atoms with E-state index in [1.54, 1.807) is 11.9 Å². The molecule has 5 rings (SSSR count). The molecule has 2 N–H and O–H groups in total. The van der Waals surface area contributed by atoms with Crippen LogP contribution in [-0.4, -0.2) is 71.8 Å². The Morgan fingerprint density at radius 1 is 1.02 bits per heavy atom. The van der Waals surface area contributed by atoms with Crippen molar-refractivity contribution in [3.8, 4) is 12.3 Å². The predicted molar refractivity (Wildman–Crippen MR) is 161 cm³/mol. The smallest absolute Gasteiger partial charge is 0.322 e. The molecular weight excluding hydrogens is 514 g/mol. The monoisotopic (exact) mass is 549 g/mol. The second kappa shape index (κ2) is 12.2.